The van der Waals surface area contributed by atoms with E-state index in [4.69, 9.17) is 9.72 Å². The van der Waals surface area contributed by atoms with Crippen LogP contribution >= 0.6 is 0 Å². The molecule has 6 nitrogen and oxygen atoms in total. The van der Waals surface area contributed by atoms with E-state index in [9.17, 15) is 14.9 Å². The van der Waals surface area contributed by atoms with Crippen molar-refractivity contribution in [3.8, 4) is 6.07 Å². The molecule has 3 rings (SSSR count). The molecule has 1 aromatic heterocycles. The lowest BCUT2D eigenvalue weighted by molar-refractivity contribution is -0.136. The van der Waals surface area contributed by atoms with Gasteiger partial charge in [-0.15, -0.1) is 0 Å². The second-order valence-electron chi connectivity index (χ2n) is 7.98. The van der Waals surface area contributed by atoms with Gasteiger partial charge in [-0.3, -0.25) is 9.78 Å². The smallest absolute Gasteiger partial charge is 0.339 e. The number of fused-ring (bicyclic) bond motifs is 2. The lowest BCUT2D eigenvalue weighted by atomic mass is 9.84. The van der Waals surface area contributed by atoms with Crippen LogP contribution in [0.1, 0.15) is 48.8 Å². The zero-order valence-electron chi connectivity index (χ0n) is 16.8. The van der Waals surface area contributed by atoms with Gasteiger partial charge in [0.2, 0.25) is 0 Å². The summed E-state index contributed by atoms with van der Waals surface area (Å²) in [4.78, 5) is 31.4. The standard InChI is InChI=1S/C22H25N3O3/c1-14-9-10-18-16(11-14)20(15-7-5-6-8-17(15)24-18)21(27)28-12-19(26)25(4)22(2,3)13-23/h5-8,14H,9-12H2,1-4H3/t14-/m0/s1. The number of nitriles is 1. The van der Waals surface area contributed by atoms with E-state index in [0.29, 0.717) is 11.5 Å². The topological polar surface area (TPSA) is 83.3 Å². The molecule has 0 aliphatic heterocycles. The first-order valence-corrected chi connectivity index (χ1v) is 9.50. The molecule has 0 radical (unpaired) electrons. The number of aryl methyl sites for hydroxylation is 1. The number of likely N-dealkylation sites (N-methyl/N-ethyl adjacent to an activating group) is 1. The van der Waals surface area contributed by atoms with E-state index in [1.807, 2.05) is 24.3 Å². The fraction of sp³-hybridized carbons (Fsp3) is 0.455. The maximum absolute atomic E-state index is 13.0. The van der Waals surface area contributed by atoms with E-state index in [1.54, 1.807) is 13.8 Å². The molecule has 0 spiro atoms. The molecule has 0 saturated heterocycles. The van der Waals surface area contributed by atoms with Gasteiger partial charge in [0.25, 0.3) is 5.91 Å². The number of aromatic nitrogens is 1. The van der Waals surface area contributed by atoms with Crippen molar-refractivity contribution in [2.45, 2.75) is 45.6 Å². The molecule has 1 aromatic carbocycles. The lowest BCUT2D eigenvalue weighted by Crippen LogP contribution is -2.45. The normalized spacial score (nSPS) is 16.2. The first-order chi connectivity index (χ1) is 13.2. The number of ether oxygens (including phenoxy) is 1. The molecule has 1 amide bonds. The number of benzene rings is 1. The van der Waals surface area contributed by atoms with Crippen molar-refractivity contribution in [1.82, 2.24) is 9.88 Å². The van der Waals surface area contributed by atoms with E-state index < -0.39 is 24.0 Å². The quantitative estimate of drug-likeness (QED) is 0.761. The molecule has 1 heterocycles. The Balaban J connectivity index is 1.91. The van der Waals surface area contributed by atoms with Crippen molar-refractivity contribution < 1.29 is 14.3 Å². The van der Waals surface area contributed by atoms with Crippen LogP contribution in [0.4, 0.5) is 0 Å². The van der Waals surface area contributed by atoms with Gasteiger partial charge >= 0.3 is 5.97 Å². The summed E-state index contributed by atoms with van der Waals surface area (Å²) in [5, 5.41) is 9.93. The predicted molar refractivity (Wildman–Crippen MR) is 106 cm³/mol. The number of para-hydroxylation sites is 1. The van der Waals surface area contributed by atoms with E-state index in [-0.39, 0.29) is 0 Å². The lowest BCUT2D eigenvalue weighted by Gasteiger charge is -2.29. The van der Waals surface area contributed by atoms with Crippen LogP contribution in [0.3, 0.4) is 0 Å². The third-order valence-electron chi connectivity index (χ3n) is 5.52. The maximum atomic E-state index is 13.0. The highest BCUT2D eigenvalue weighted by Crippen LogP contribution is 2.32. The van der Waals surface area contributed by atoms with Crippen LogP contribution in [0.25, 0.3) is 10.9 Å². The third kappa shape index (κ3) is 3.70. The summed E-state index contributed by atoms with van der Waals surface area (Å²) >= 11 is 0. The highest BCUT2D eigenvalue weighted by atomic mass is 16.5. The van der Waals surface area contributed by atoms with E-state index in [0.717, 1.165) is 41.4 Å². The Morgan fingerprint density at radius 3 is 2.79 bits per heavy atom. The third-order valence-corrected chi connectivity index (χ3v) is 5.52. The number of hydrogen-bond acceptors (Lipinski definition) is 5. The Kier molecular flexibility index (Phi) is 5.37. The van der Waals surface area contributed by atoms with Crippen molar-refractivity contribution in [1.29, 1.82) is 5.26 Å². The fourth-order valence-corrected chi connectivity index (χ4v) is 3.48. The second-order valence-corrected chi connectivity index (χ2v) is 7.98. The molecule has 1 atom stereocenters. The van der Waals surface area contributed by atoms with Crippen LogP contribution in [-0.4, -0.2) is 41.0 Å². The number of pyridine rings is 1. The van der Waals surface area contributed by atoms with Gasteiger partial charge in [0.15, 0.2) is 6.61 Å². The average molecular weight is 379 g/mol. The largest absolute Gasteiger partial charge is 0.452 e. The molecule has 0 saturated carbocycles. The summed E-state index contributed by atoms with van der Waals surface area (Å²) in [6.45, 7) is 5.04. The Morgan fingerprint density at radius 2 is 2.07 bits per heavy atom. The molecule has 1 aliphatic rings. The summed E-state index contributed by atoms with van der Waals surface area (Å²) in [5.74, 6) is -0.466. The van der Waals surface area contributed by atoms with Crippen LogP contribution in [0, 0.1) is 17.2 Å². The van der Waals surface area contributed by atoms with E-state index in [2.05, 4.69) is 13.0 Å². The Bertz CT molecular complexity index is 975. The molecule has 146 valence electrons. The summed E-state index contributed by atoms with van der Waals surface area (Å²) in [6, 6.07) is 9.58. The van der Waals surface area contributed by atoms with Crippen molar-refractivity contribution in [3.05, 3.63) is 41.1 Å². The SMILES string of the molecule is C[C@H]1CCc2nc3ccccc3c(C(=O)OCC(=O)N(C)C(C)(C)C#N)c2C1. The Labute approximate surface area is 165 Å². The van der Waals surface area contributed by atoms with Crippen molar-refractivity contribution >= 4 is 22.8 Å². The molecule has 28 heavy (non-hydrogen) atoms. The number of hydrogen-bond donors (Lipinski definition) is 0. The number of carbonyl (C=O) groups excluding carboxylic acids is 2. The van der Waals surface area contributed by atoms with Crippen molar-refractivity contribution in [2.75, 3.05) is 13.7 Å². The number of carbonyl (C=O) groups is 2. The molecule has 1 aliphatic carbocycles. The maximum Gasteiger partial charge on any atom is 0.339 e. The van der Waals surface area contributed by atoms with Crippen molar-refractivity contribution in [3.63, 3.8) is 0 Å². The van der Waals surface area contributed by atoms with Gasteiger partial charge in [0.1, 0.15) is 5.54 Å². The minimum Gasteiger partial charge on any atom is -0.452 e. The zero-order chi connectivity index (χ0) is 20.5. The first-order valence-electron chi connectivity index (χ1n) is 9.50. The van der Waals surface area contributed by atoms with Crippen LogP contribution in [-0.2, 0) is 22.4 Å². The second kappa shape index (κ2) is 7.59. The van der Waals surface area contributed by atoms with E-state index in [1.165, 1.54) is 11.9 Å². The number of rotatable bonds is 4. The number of nitrogens with zero attached hydrogens (tertiary/aromatic N) is 3. The molecule has 0 fully saturated rings. The van der Waals surface area contributed by atoms with Crippen molar-refractivity contribution in [2.24, 2.45) is 5.92 Å². The van der Waals surface area contributed by atoms with Gasteiger partial charge in [-0.1, -0.05) is 25.1 Å². The molecule has 6 heteroatoms. The summed E-state index contributed by atoms with van der Waals surface area (Å²) < 4.78 is 5.39. The van der Waals surface area contributed by atoms with E-state index >= 15 is 0 Å². The van der Waals surface area contributed by atoms with Crippen LogP contribution < -0.4 is 0 Å². The fourth-order valence-electron chi connectivity index (χ4n) is 3.48. The van der Waals surface area contributed by atoms with Gasteiger partial charge in [-0.05, 0) is 50.7 Å². The predicted octanol–water partition coefficient (Wildman–Crippen LogP) is 3.28. The summed E-state index contributed by atoms with van der Waals surface area (Å²) in [7, 11) is 1.53. The Morgan fingerprint density at radius 1 is 1.36 bits per heavy atom. The minimum atomic E-state index is -0.971. The monoisotopic (exact) mass is 379 g/mol. The number of esters is 1. The molecular formula is C22H25N3O3. The highest BCUT2D eigenvalue weighted by molar-refractivity contribution is 6.05. The number of amides is 1. The van der Waals surface area contributed by atoms with Gasteiger partial charge in [-0.2, -0.15) is 5.26 Å². The van der Waals surface area contributed by atoms with Gasteiger partial charge in [0, 0.05) is 18.1 Å². The minimum absolute atomic E-state index is 0.401. The summed E-state index contributed by atoms with van der Waals surface area (Å²) in [5.41, 5.74) is 2.18. The molecule has 2 aromatic rings. The molecular weight excluding hydrogens is 354 g/mol. The molecule has 0 N–H and O–H groups in total. The van der Waals surface area contributed by atoms with Gasteiger partial charge < -0.3 is 9.64 Å². The van der Waals surface area contributed by atoms with Gasteiger partial charge in [-0.25, -0.2) is 4.79 Å². The van der Waals surface area contributed by atoms with Gasteiger partial charge in [0.05, 0.1) is 17.1 Å². The molecule has 0 unspecified atom stereocenters. The first kappa shape index (κ1) is 19.8. The summed E-state index contributed by atoms with van der Waals surface area (Å²) in [6.07, 6.45) is 2.64. The van der Waals surface area contributed by atoms with Crippen LogP contribution in [0.15, 0.2) is 24.3 Å². The highest BCUT2D eigenvalue weighted by Gasteiger charge is 2.30. The zero-order valence-corrected chi connectivity index (χ0v) is 16.8. The Hall–Kier alpha value is -2.94. The molecule has 0 bridgehead atoms. The van der Waals surface area contributed by atoms with Crippen LogP contribution in [0.5, 0.6) is 0 Å². The van der Waals surface area contributed by atoms with Crippen LogP contribution in [0.2, 0.25) is 0 Å². The average Bonchev–Trinajstić information content (AvgIpc) is 2.69.